The molecule has 0 spiro atoms. The fourth-order valence-corrected chi connectivity index (χ4v) is 2.13. The van der Waals surface area contributed by atoms with Crippen LogP contribution in [0.25, 0.3) is 10.9 Å². The predicted molar refractivity (Wildman–Crippen MR) is 82.3 cm³/mol. The quantitative estimate of drug-likeness (QED) is 0.590. The van der Waals surface area contributed by atoms with Crippen molar-refractivity contribution in [3.63, 3.8) is 0 Å². The lowest BCUT2D eigenvalue weighted by Crippen LogP contribution is -2.09. The summed E-state index contributed by atoms with van der Waals surface area (Å²) in [5, 5.41) is 0.985. The molecule has 0 amide bonds. The zero-order valence-corrected chi connectivity index (χ0v) is 12.1. The number of aromatic nitrogens is 3. The Morgan fingerprint density at radius 3 is 2.86 bits per heavy atom. The van der Waals surface area contributed by atoms with E-state index in [0.29, 0.717) is 22.7 Å². The molecule has 0 aliphatic rings. The minimum Gasteiger partial charge on any atom is -0.454 e. The highest BCUT2D eigenvalue weighted by atomic mass is 35.5. The number of nitrogens with zero attached hydrogens (tertiary/aromatic N) is 3. The van der Waals surface area contributed by atoms with Gasteiger partial charge in [-0.1, -0.05) is 23.7 Å². The monoisotopic (exact) mass is 314 g/mol. The molecule has 6 nitrogen and oxygen atoms in total. The number of fused-ring (bicyclic) bond motifs is 1. The van der Waals surface area contributed by atoms with Gasteiger partial charge in [0, 0.05) is 11.6 Å². The van der Waals surface area contributed by atoms with Gasteiger partial charge in [0.1, 0.15) is 11.0 Å². The molecule has 0 fully saturated rings. The van der Waals surface area contributed by atoms with Gasteiger partial charge < -0.3 is 10.5 Å². The summed E-state index contributed by atoms with van der Waals surface area (Å²) in [5.41, 5.74) is 6.89. The molecule has 0 saturated carbocycles. The summed E-state index contributed by atoms with van der Waals surface area (Å²) in [6.45, 7) is -0.0756. The largest absolute Gasteiger partial charge is 0.454 e. The van der Waals surface area contributed by atoms with E-state index in [0.717, 1.165) is 5.39 Å². The first-order valence-electron chi connectivity index (χ1n) is 6.43. The van der Waals surface area contributed by atoms with Crippen molar-refractivity contribution in [2.75, 3.05) is 5.73 Å². The van der Waals surface area contributed by atoms with Crippen LogP contribution in [0.4, 0.5) is 5.82 Å². The minimum atomic E-state index is -0.528. The number of halogens is 1. The Morgan fingerprint density at radius 2 is 2.05 bits per heavy atom. The van der Waals surface area contributed by atoms with E-state index in [-0.39, 0.29) is 11.8 Å². The van der Waals surface area contributed by atoms with Crippen LogP contribution in [-0.2, 0) is 11.3 Å². The lowest BCUT2D eigenvalue weighted by atomic mass is 10.2. The van der Waals surface area contributed by atoms with Crippen molar-refractivity contribution >= 4 is 34.3 Å². The number of para-hydroxylation sites is 1. The van der Waals surface area contributed by atoms with Crippen LogP contribution in [0.1, 0.15) is 16.2 Å². The number of carbonyl (C=O) groups is 1. The maximum atomic E-state index is 11.9. The fourth-order valence-electron chi connectivity index (χ4n) is 1.96. The van der Waals surface area contributed by atoms with E-state index in [4.69, 9.17) is 22.1 Å². The van der Waals surface area contributed by atoms with Gasteiger partial charge in [-0.25, -0.2) is 19.7 Å². The van der Waals surface area contributed by atoms with E-state index in [9.17, 15) is 4.79 Å². The van der Waals surface area contributed by atoms with Crippen LogP contribution < -0.4 is 5.73 Å². The molecule has 0 unspecified atom stereocenters. The molecule has 1 aromatic carbocycles. The van der Waals surface area contributed by atoms with Gasteiger partial charge in [0.25, 0.3) is 0 Å². The first-order valence-corrected chi connectivity index (χ1v) is 6.81. The topological polar surface area (TPSA) is 91.0 Å². The Morgan fingerprint density at radius 1 is 1.23 bits per heavy atom. The third-order valence-electron chi connectivity index (χ3n) is 2.97. The number of carbonyl (C=O) groups excluding carboxylic acids is 1. The second-order valence-corrected chi connectivity index (χ2v) is 4.87. The summed E-state index contributed by atoms with van der Waals surface area (Å²) < 4.78 is 5.17. The van der Waals surface area contributed by atoms with Gasteiger partial charge in [-0.2, -0.15) is 0 Å². The van der Waals surface area contributed by atoms with Crippen molar-refractivity contribution < 1.29 is 9.53 Å². The maximum Gasteiger partial charge on any atom is 0.338 e. The van der Waals surface area contributed by atoms with Gasteiger partial charge >= 0.3 is 5.97 Å². The van der Waals surface area contributed by atoms with Gasteiger partial charge in [-0.15, -0.1) is 0 Å². The molecule has 2 heterocycles. The van der Waals surface area contributed by atoms with Crippen molar-refractivity contribution in [3.8, 4) is 0 Å². The predicted octanol–water partition coefficient (Wildman–Crippen LogP) is 2.62. The number of benzene rings is 1. The molecule has 0 saturated heterocycles. The molecule has 2 aromatic heterocycles. The summed E-state index contributed by atoms with van der Waals surface area (Å²) in [6, 6.07) is 10.3. The number of esters is 1. The second-order valence-electron chi connectivity index (χ2n) is 4.49. The Hall–Kier alpha value is -2.73. The maximum absolute atomic E-state index is 11.9. The molecular weight excluding hydrogens is 304 g/mol. The number of nitrogen functional groups attached to an aromatic ring is 1. The number of pyridine rings is 1. The van der Waals surface area contributed by atoms with Gasteiger partial charge in [0.05, 0.1) is 11.1 Å². The van der Waals surface area contributed by atoms with Crippen LogP contribution in [0.3, 0.4) is 0 Å². The average molecular weight is 315 g/mol. The first kappa shape index (κ1) is 14.2. The van der Waals surface area contributed by atoms with E-state index < -0.39 is 5.97 Å². The van der Waals surface area contributed by atoms with Crippen molar-refractivity contribution in [3.05, 3.63) is 59.1 Å². The smallest absolute Gasteiger partial charge is 0.338 e. The van der Waals surface area contributed by atoms with Gasteiger partial charge in [0.2, 0.25) is 0 Å². The van der Waals surface area contributed by atoms with Crippen molar-refractivity contribution in [1.29, 1.82) is 0 Å². The van der Waals surface area contributed by atoms with E-state index in [1.54, 1.807) is 0 Å². The van der Waals surface area contributed by atoms with E-state index in [1.165, 1.54) is 18.3 Å². The lowest BCUT2D eigenvalue weighted by Gasteiger charge is -2.06. The van der Waals surface area contributed by atoms with Crippen LogP contribution in [0.15, 0.2) is 42.6 Å². The van der Waals surface area contributed by atoms with Gasteiger partial charge in [-0.05, 0) is 24.3 Å². The fraction of sp³-hybridized carbons (Fsp3) is 0.0667. The third-order valence-corrected chi connectivity index (χ3v) is 3.18. The number of hydrogen-bond acceptors (Lipinski definition) is 6. The highest BCUT2D eigenvalue weighted by Crippen LogP contribution is 2.17. The second kappa shape index (κ2) is 5.95. The Kier molecular flexibility index (Phi) is 3.84. The molecular formula is C15H11ClN4O2. The number of anilines is 1. The standard InChI is InChI=1S/C15H11ClN4O2/c16-12-7-9(5-6-18-12)15(21)22-8-13-19-11-4-2-1-3-10(11)14(17)20-13/h1-7H,8H2,(H2,17,19,20). The minimum absolute atomic E-state index is 0.0756. The van der Waals surface area contributed by atoms with Gasteiger partial charge in [-0.3, -0.25) is 0 Å². The van der Waals surface area contributed by atoms with Crippen LogP contribution in [-0.4, -0.2) is 20.9 Å². The SMILES string of the molecule is Nc1nc(COC(=O)c2ccnc(Cl)c2)nc2ccccc12. The van der Waals surface area contributed by atoms with E-state index in [2.05, 4.69) is 15.0 Å². The normalized spacial score (nSPS) is 10.6. The number of hydrogen-bond donors (Lipinski definition) is 1. The van der Waals surface area contributed by atoms with E-state index >= 15 is 0 Å². The molecule has 3 aromatic rings. The zero-order chi connectivity index (χ0) is 15.5. The molecule has 110 valence electrons. The molecule has 0 bridgehead atoms. The number of rotatable bonds is 3. The van der Waals surface area contributed by atoms with Crippen molar-refractivity contribution in [2.24, 2.45) is 0 Å². The molecule has 0 aliphatic heterocycles. The molecule has 0 aliphatic carbocycles. The molecule has 22 heavy (non-hydrogen) atoms. The summed E-state index contributed by atoms with van der Waals surface area (Å²) in [7, 11) is 0. The molecule has 3 rings (SSSR count). The first-order chi connectivity index (χ1) is 10.6. The van der Waals surface area contributed by atoms with Crippen LogP contribution in [0.5, 0.6) is 0 Å². The molecule has 2 N–H and O–H groups in total. The molecule has 7 heteroatoms. The zero-order valence-electron chi connectivity index (χ0n) is 11.4. The number of ether oxygens (including phenoxy) is 1. The third kappa shape index (κ3) is 2.96. The van der Waals surface area contributed by atoms with Crippen molar-refractivity contribution in [1.82, 2.24) is 15.0 Å². The highest BCUT2D eigenvalue weighted by Gasteiger charge is 2.11. The summed E-state index contributed by atoms with van der Waals surface area (Å²) in [4.78, 5) is 24.2. The van der Waals surface area contributed by atoms with E-state index in [1.807, 2.05) is 24.3 Å². The lowest BCUT2D eigenvalue weighted by molar-refractivity contribution is 0.0462. The average Bonchev–Trinajstić information content (AvgIpc) is 2.53. The Labute approximate surface area is 130 Å². The summed E-state index contributed by atoms with van der Waals surface area (Å²) in [5.74, 6) is 0.160. The van der Waals surface area contributed by atoms with Gasteiger partial charge in [0.15, 0.2) is 12.4 Å². The van der Waals surface area contributed by atoms with Crippen LogP contribution >= 0.6 is 11.6 Å². The Bertz CT molecular complexity index is 854. The Balaban J connectivity index is 1.78. The summed E-state index contributed by atoms with van der Waals surface area (Å²) >= 11 is 5.73. The van der Waals surface area contributed by atoms with Crippen molar-refractivity contribution in [2.45, 2.75) is 6.61 Å². The summed E-state index contributed by atoms with van der Waals surface area (Å²) in [6.07, 6.45) is 1.43. The molecule has 0 atom stereocenters. The van der Waals surface area contributed by atoms with Crippen LogP contribution in [0, 0.1) is 0 Å². The van der Waals surface area contributed by atoms with Crippen LogP contribution in [0.2, 0.25) is 5.15 Å². The number of nitrogens with two attached hydrogens (primary N) is 1. The highest BCUT2D eigenvalue weighted by molar-refractivity contribution is 6.29. The molecule has 0 radical (unpaired) electrons.